The van der Waals surface area contributed by atoms with Gasteiger partial charge in [-0.2, -0.15) is 10.1 Å². The first-order valence-electron chi connectivity index (χ1n) is 11.2. The maximum atomic E-state index is 13.7. The molecule has 0 bridgehead atoms. The Morgan fingerprint density at radius 1 is 1.39 bits per heavy atom. The number of aliphatic hydroxyl groups excluding tert-OH is 1. The summed E-state index contributed by atoms with van der Waals surface area (Å²) in [7, 11) is -4.25. The largest absolute Gasteiger partial charge is 0.465 e. The van der Waals surface area contributed by atoms with Crippen LogP contribution in [-0.4, -0.2) is 62.8 Å². The lowest BCUT2D eigenvalue weighted by molar-refractivity contribution is -0.144. The zero-order chi connectivity index (χ0) is 26.7. The number of ether oxygens (including phenoxy) is 2. The summed E-state index contributed by atoms with van der Waals surface area (Å²) in [4.78, 5) is 28.0. The van der Waals surface area contributed by atoms with Crippen molar-refractivity contribution < 1.29 is 38.1 Å². The van der Waals surface area contributed by atoms with Crippen molar-refractivity contribution in [1.29, 1.82) is 0 Å². The van der Waals surface area contributed by atoms with E-state index in [9.17, 15) is 24.4 Å². The zero-order valence-corrected chi connectivity index (χ0v) is 21.3. The van der Waals surface area contributed by atoms with Crippen LogP contribution in [0.1, 0.15) is 32.6 Å². The number of hydrogen-bond acceptors (Lipinski definition) is 11. The highest BCUT2D eigenvalue weighted by Crippen LogP contribution is 2.47. The number of carbonyl (C=O) groups excluding carboxylic acids is 1. The number of anilines is 1. The van der Waals surface area contributed by atoms with Crippen LogP contribution in [0, 0.1) is 6.92 Å². The molecule has 0 amide bonds. The summed E-state index contributed by atoms with van der Waals surface area (Å²) in [6.07, 6.45) is -2.86. The SMILES string of the molecule is CCOC(=O)[C@H](C)NP(=O)(OC[C@H]1O[C@@H](n2ccc(N)nc2=O)[C@](C)(O)[C@@H]1O)Oc1ccccc1C. The number of rotatable bonds is 10. The van der Waals surface area contributed by atoms with Crippen molar-refractivity contribution in [3.8, 4) is 5.75 Å². The van der Waals surface area contributed by atoms with Gasteiger partial charge in [-0.25, -0.2) is 9.36 Å². The molecule has 36 heavy (non-hydrogen) atoms. The molecule has 1 aromatic carbocycles. The van der Waals surface area contributed by atoms with Crippen molar-refractivity contribution in [1.82, 2.24) is 14.6 Å². The highest BCUT2D eigenvalue weighted by atomic mass is 31.2. The van der Waals surface area contributed by atoms with Crippen LogP contribution in [0.25, 0.3) is 0 Å². The smallest absolute Gasteiger partial charge is 0.459 e. The number of hydrogen-bond donors (Lipinski definition) is 4. The van der Waals surface area contributed by atoms with Crippen LogP contribution < -0.4 is 21.0 Å². The van der Waals surface area contributed by atoms with Gasteiger partial charge in [-0.1, -0.05) is 18.2 Å². The average molecular weight is 526 g/mol. The summed E-state index contributed by atoms with van der Waals surface area (Å²) >= 11 is 0. The number of nitrogens with two attached hydrogens (primary N) is 1. The summed E-state index contributed by atoms with van der Waals surface area (Å²) in [6, 6.07) is 7.02. The number of para-hydroxylation sites is 1. The summed E-state index contributed by atoms with van der Waals surface area (Å²) < 4.78 is 36.5. The van der Waals surface area contributed by atoms with Crippen LogP contribution in [0.4, 0.5) is 5.82 Å². The topological polar surface area (TPSA) is 184 Å². The Morgan fingerprint density at radius 2 is 2.08 bits per heavy atom. The van der Waals surface area contributed by atoms with Gasteiger partial charge in [-0.15, -0.1) is 0 Å². The van der Waals surface area contributed by atoms with Crippen molar-refractivity contribution in [2.75, 3.05) is 18.9 Å². The van der Waals surface area contributed by atoms with Crippen LogP contribution in [0.3, 0.4) is 0 Å². The van der Waals surface area contributed by atoms with Gasteiger partial charge in [0.05, 0.1) is 13.2 Å². The monoisotopic (exact) mass is 526 g/mol. The van der Waals surface area contributed by atoms with Gasteiger partial charge < -0.3 is 29.9 Å². The number of nitrogens with zero attached hydrogens (tertiary/aromatic N) is 2. The molecule has 1 fully saturated rings. The van der Waals surface area contributed by atoms with Gasteiger partial charge in [0, 0.05) is 6.20 Å². The zero-order valence-electron chi connectivity index (χ0n) is 20.4. The molecule has 2 heterocycles. The van der Waals surface area contributed by atoms with Crippen LogP contribution in [0.15, 0.2) is 41.3 Å². The fourth-order valence-electron chi connectivity index (χ4n) is 3.59. The fraction of sp³-hybridized carbons (Fsp3) is 0.500. The third-order valence-electron chi connectivity index (χ3n) is 5.57. The molecule has 0 radical (unpaired) electrons. The molecule has 14 heteroatoms. The van der Waals surface area contributed by atoms with Crippen molar-refractivity contribution >= 4 is 19.5 Å². The molecule has 1 aromatic heterocycles. The van der Waals surface area contributed by atoms with Crippen molar-refractivity contribution in [3.05, 3.63) is 52.6 Å². The second-order valence-corrected chi connectivity index (χ2v) is 10.2. The van der Waals surface area contributed by atoms with Crippen molar-refractivity contribution in [2.24, 2.45) is 0 Å². The average Bonchev–Trinajstić information content (AvgIpc) is 3.03. The second kappa shape index (κ2) is 11.1. The van der Waals surface area contributed by atoms with Gasteiger partial charge >= 0.3 is 19.4 Å². The molecule has 2 aromatic rings. The van der Waals surface area contributed by atoms with Crippen LogP contribution in [-0.2, 0) is 23.4 Å². The summed E-state index contributed by atoms with van der Waals surface area (Å²) in [5.41, 5.74) is 3.43. The molecule has 1 saturated heterocycles. The minimum atomic E-state index is -4.25. The van der Waals surface area contributed by atoms with Crippen molar-refractivity contribution in [3.63, 3.8) is 0 Å². The minimum Gasteiger partial charge on any atom is -0.465 e. The van der Waals surface area contributed by atoms with Gasteiger partial charge in [0.15, 0.2) is 6.23 Å². The second-order valence-electron chi connectivity index (χ2n) is 8.49. The number of aromatic nitrogens is 2. The maximum Gasteiger partial charge on any atom is 0.459 e. The number of carbonyl (C=O) groups is 1. The summed E-state index contributed by atoms with van der Waals surface area (Å²) in [6.45, 7) is 5.66. The molecule has 13 nitrogen and oxygen atoms in total. The molecule has 0 aliphatic carbocycles. The number of nitrogens with one attached hydrogen (secondary N) is 1. The maximum absolute atomic E-state index is 13.7. The molecule has 5 N–H and O–H groups in total. The highest BCUT2D eigenvalue weighted by molar-refractivity contribution is 7.52. The van der Waals surface area contributed by atoms with E-state index in [1.54, 1.807) is 38.1 Å². The van der Waals surface area contributed by atoms with E-state index in [4.69, 9.17) is 24.3 Å². The first-order valence-corrected chi connectivity index (χ1v) is 12.8. The summed E-state index contributed by atoms with van der Waals surface area (Å²) in [5.74, 6) is -0.461. The molecule has 1 unspecified atom stereocenters. The molecule has 198 valence electrons. The Hall–Kier alpha value is -2.80. The van der Waals surface area contributed by atoms with E-state index in [2.05, 4.69) is 10.1 Å². The van der Waals surface area contributed by atoms with Gasteiger partial charge in [0.25, 0.3) is 0 Å². The van der Waals surface area contributed by atoms with Crippen LogP contribution in [0.2, 0.25) is 0 Å². The molecule has 1 aliphatic rings. The number of aryl methyl sites for hydroxylation is 1. The summed E-state index contributed by atoms with van der Waals surface area (Å²) in [5, 5.41) is 24.1. The predicted octanol–water partition coefficient (Wildman–Crippen LogP) is 0.888. The number of aliphatic hydroxyl groups is 2. The molecule has 1 aliphatic heterocycles. The first kappa shape index (κ1) is 27.8. The Bertz CT molecular complexity index is 1190. The van der Waals surface area contributed by atoms with E-state index in [0.29, 0.717) is 5.56 Å². The van der Waals surface area contributed by atoms with Gasteiger partial charge in [-0.3, -0.25) is 13.9 Å². The van der Waals surface area contributed by atoms with E-state index in [1.807, 2.05) is 0 Å². The lowest BCUT2D eigenvalue weighted by Gasteiger charge is -2.27. The molecule has 3 rings (SSSR count). The van der Waals surface area contributed by atoms with Gasteiger partial charge in [0.1, 0.15) is 35.4 Å². The fourth-order valence-corrected chi connectivity index (χ4v) is 5.16. The van der Waals surface area contributed by atoms with E-state index in [0.717, 1.165) is 4.57 Å². The Labute approximate surface area is 207 Å². The van der Waals surface area contributed by atoms with E-state index < -0.39 is 56.1 Å². The van der Waals surface area contributed by atoms with Crippen molar-refractivity contribution in [2.45, 2.75) is 57.8 Å². The standard InChI is InChI=1S/C22H31N4O9P/c1-5-32-19(28)14(3)25-36(31,35-15-9-7-6-8-13(15)2)33-12-16-18(27)22(4,30)20(34-16)26-11-10-17(23)24-21(26)29/h6-11,14,16,18,20,27,30H,5,12H2,1-4H3,(H,25,31)(H2,23,24,29)/t14-,16+,18+,20+,22+,36?/m0/s1. The normalized spacial score (nSPS) is 26.2. The van der Waals surface area contributed by atoms with Crippen LogP contribution >= 0.6 is 7.75 Å². The lowest BCUT2D eigenvalue weighted by atomic mass is 9.96. The van der Waals surface area contributed by atoms with Gasteiger partial charge in [-0.05, 0) is 45.4 Å². The third-order valence-corrected chi connectivity index (χ3v) is 7.20. The molecular formula is C22H31N4O9P. The molecular weight excluding hydrogens is 495 g/mol. The lowest BCUT2D eigenvalue weighted by Crippen LogP contribution is -2.46. The number of esters is 1. The number of benzene rings is 1. The Kier molecular flexibility index (Phi) is 8.55. The quantitative estimate of drug-likeness (QED) is 0.254. The van der Waals surface area contributed by atoms with E-state index in [-0.39, 0.29) is 18.2 Å². The Balaban J connectivity index is 1.82. The first-order chi connectivity index (χ1) is 16.9. The van der Waals surface area contributed by atoms with Crippen LogP contribution in [0.5, 0.6) is 5.75 Å². The van der Waals surface area contributed by atoms with Gasteiger partial charge in [0.2, 0.25) is 0 Å². The van der Waals surface area contributed by atoms with E-state index >= 15 is 0 Å². The predicted molar refractivity (Wildman–Crippen MR) is 128 cm³/mol. The highest BCUT2D eigenvalue weighted by Gasteiger charge is 2.54. The molecule has 0 saturated carbocycles. The minimum absolute atomic E-state index is 0.0228. The van der Waals surface area contributed by atoms with E-state index in [1.165, 1.54) is 26.1 Å². The third kappa shape index (κ3) is 6.12. The number of nitrogen functional groups attached to an aromatic ring is 1. The molecule has 6 atom stereocenters. The Morgan fingerprint density at radius 3 is 2.72 bits per heavy atom. The molecule has 0 spiro atoms.